The van der Waals surface area contributed by atoms with Crippen LogP contribution in [0.2, 0.25) is 0 Å². The summed E-state index contributed by atoms with van der Waals surface area (Å²) >= 11 is 0. The molecule has 0 rings (SSSR count). The van der Waals surface area contributed by atoms with Crippen molar-refractivity contribution in [3.8, 4) is 0 Å². The Labute approximate surface area is 319 Å². The first-order valence-electron chi connectivity index (χ1n) is 21.6. The number of nitrogens with one attached hydrogen (secondary N) is 1. The first-order chi connectivity index (χ1) is 24.8. The summed E-state index contributed by atoms with van der Waals surface area (Å²) in [6.45, 7) is 4.43. The number of carbonyl (C=O) groups is 1. The highest BCUT2D eigenvalue weighted by Gasteiger charge is 2.53. The van der Waals surface area contributed by atoms with Crippen LogP contribution in [0.25, 0.3) is 0 Å². The predicted molar refractivity (Wildman–Crippen MR) is 216 cm³/mol. The van der Waals surface area contributed by atoms with Gasteiger partial charge in [0.2, 0.25) is 5.91 Å². The molecule has 10 heteroatoms. The van der Waals surface area contributed by atoms with Gasteiger partial charge >= 0.3 is 13.3 Å². The van der Waals surface area contributed by atoms with Crippen LogP contribution in [-0.2, 0) is 13.9 Å². The number of unbranched alkanes of at least 4 members (excludes halogenated alkanes) is 25. The van der Waals surface area contributed by atoms with Crippen molar-refractivity contribution in [2.75, 3.05) is 34.3 Å². The minimum Gasteiger partial charge on any atom is -0.387 e. The van der Waals surface area contributed by atoms with Crippen LogP contribution in [0.1, 0.15) is 200 Å². The molecule has 3 atom stereocenters. The van der Waals surface area contributed by atoms with Gasteiger partial charge in [-0.3, -0.25) is 13.9 Å². The topological polar surface area (TPSA) is 95.9 Å². The van der Waals surface area contributed by atoms with Crippen molar-refractivity contribution in [2.24, 2.45) is 0 Å². The zero-order chi connectivity index (χ0) is 39.0. The lowest BCUT2D eigenvalue weighted by atomic mass is 10.0. The molecule has 3 N–H and O–H groups in total. The van der Waals surface area contributed by atoms with Crippen molar-refractivity contribution in [3.63, 3.8) is 0 Å². The average Bonchev–Trinajstić information content (AvgIpc) is 3.07. The molecule has 310 valence electrons. The molecule has 52 heavy (non-hydrogen) atoms. The van der Waals surface area contributed by atoms with E-state index < -0.39 is 37.7 Å². The molecule has 0 bridgehead atoms. The molecule has 0 aliphatic carbocycles. The lowest BCUT2D eigenvalue weighted by Gasteiger charge is -2.30. The molecule has 1 amide bonds. The zero-order valence-electron chi connectivity index (χ0n) is 34.5. The molecule has 0 saturated heterocycles. The van der Waals surface area contributed by atoms with Crippen LogP contribution in [0.15, 0.2) is 12.2 Å². The number of hydrogen-bond acceptors (Lipinski definition) is 4. The van der Waals surface area contributed by atoms with Crippen molar-refractivity contribution < 1.29 is 37.1 Å². The molecule has 0 radical (unpaired) electrons. The van der Waals surface area contributed by atoms with E-state index in [0.717, 1.165) is 38.5 Å². The van der Waals surface area contributed by atoms with Gasteiger partial charge in [0, 0.05) is 12.8 Å². The highest BCUT2D eigenvalue weighted by molar-refractivity contribution is 7.54. The van der Waals surface area contributed by atoms with Gasteiger partial charge in [0.25, 0.3) is 0 Å². The number of allylic oxidation sites excluding steroid dienone is 1. The van der Waals surface area contributed by atoms with Crippen molar-refractivity contribution in [3.05, 3.63) is 12.2 Å². The van der Waals surface area contributed by atoms with Gasteiger partial charge in [-0.1, -0.05) is 180 Å². The van der Waals surface area contributed by atoms with Crippen molar-refractivity contribution in [2.45, 2.75) is 218 Å². The van der Waals surface area contributed by atoms with Crippen LogP contribution >= 0.6 is 7.60 Å². The number of halogens is 2. The maximum Gasteiger partial charge on any atom is 0.397 e. The Morgan fingerprint density at radius 3 is 1.50 bits per heavy atom. The third kappa shape index (κ3) is 30.5. The molecule has 1 unspecified atom stereocenters. The average molecular weight is 766 g/mol. The number of aliphatic hydroxyl groups is 1. The number of quaternary nitrogens is 1. The van der Waals surface area contributed by atoms with Crippen LogP contribution in [0.4, 0.5) is 8.78 Å². The first-order valence-corrected chi connectivity index (χ1v) is 23.1. The number of carbonyl (C=O) groups excluding carboxylic acids is 1. The van der Waals surface area contributed by atoms with E-state index in [1.807, 2.05) is 21.1 Å². The van der Waals surface area contributed by atoms with Gasteiger partial charge in [-0.25, -0.2) is 0 Å². The fraction of sp³-hybridized carbons (Fsp3) is 0.929. The Kier molecular flexibility index (Phi) is 31.9. The van der Waals surface area contributed by atoms with Gasteiger partial charge < -0.3 is 19.8 Å². The molecule has 0 aliphatic rings. The molecule has 7 nitrogen and oxygen atoms in total. The number of hydrogen-bond donors (Lipinski definition) is 3. The highest BCUT2D eigenvalue weighted by Crippen LogP contribution is 2.59. The quantitative estimate of drug-likeness (QED) is 0.0252. The normalized spacial score (nSPS) is 14.9. The Balaban J connectivity index is 4.72. The lowest BCUT2D eigenvalue weighted by molar-refractivity contribution is -0.870. The van der Waals surface area contributed by atoms with E-state index in [1.165, 1.54) is 128 Å². The number of nitrogens with zero attached hydrogens (tertiary/aromatic N) is 1. The highest BCUT2D eigenvalue weighted by atomic mass is 31.2. The fourth-order valence-corrected chi connectivity index (χ4v) is 7.35. The van der Waals surface area contributed by atoms with Crippen LogP contribution in [0.5, 0.6) is 0 Å². The second-order valence-electron chi connectivity index (χ2n) is 16.4. The van der Waals surface area contributed by atoms with Crippen LogP contribution < -0.4 is 5.32 Å². The van der Waals surface area contributed by atoms with Gasteiger partial charge in [-0.2, -0.15) is 8.78 Å². The number of alkyl halides is 2. The van der Waals surface area contributed by atoms with Gasteiger partial charge in [-0.05, 0) is 19.3 Å². The van der Waals surface area contributed by atoms with Crippen molar-refractivity contribution in [1.29, 1.82) is 0 Å². The zero-order valence-corrected chi connectivity index (χ0v) is 35.4. The molecule has 0 aromatic heterocycles. The molecule has 0 fully saturated rings. The summed E-state index contributed by atoms with van der Waals surface area (Å²) in [6, 6.07) is -1.42. The van der Waals surface area contributed by atoms with E-state index in [0.29, 0.717) is 17.3 Å². The monoisotopic (exact) mass is 766 g/mol. The number of amides is 1. The van der Waals surface area contributed by atoms with E-state index in [9.17, 15) is 19.4 Å². The third-order valence-electron chi connectivity index (χ3n) is 9.98. The maximum absolute atomic E-state index is 15.2. The number of aliphatic hydroxyl groups excluding tert-OH is 1. The Morgan fingerprint density at radius 2 is 1.10 bits per heavy atom. The van der Waals surface area contributed by atoms with Crippen LogP contribution in [0, 0.1) is 0 Å². The first kappa shape index (κ1) is 51.1. The smallest absolute Gasteiger partial charge is 0.387 e. The predicted octanol–water partition coefficient (Wildman–Crippen LogP) is 12.2. The summed E-state index contributed by atoms with van der Waals surface area (Å²) in [4.78, 5) is 23.1. The van der Waals surface area contributed by atoms with Gasteiger partial charge in [0.15, 0.2) is 0 Å². The van der Waals surface area contributed by atoms with Gasteiger partial charge in [0.1, 0.15) is 13.2 Å². The summed E-state index contributed by atoms with van der Waals surface area (Å²) in [5.74, 6) is -0.438. The summed E-state index contributed by atoms with van der Waals surface area (Å²) in [6.07, 6.45) is 33.0. The maximum atomic E-state index is 15.2. The van der Waals surface area contributed by atoms with E-state index >= 15 is 8.78 Å². The SMILES string of the molecule is CCCCCCCCCCCCC/C=C/[C@@H](O)[C@H](CC(F)(F)P(=O)(O)OCC[N+](C)(C)C)NC(=O)CCCCCCCCCCCCCCCCC. The molecular weight excluding hydrogens is 681 g/mol. The van der Waals surface area contributed by atoms with E-state index in [1.54, 1.807) is 6.08 Å². The Morgan fingerprint density at radius 1 is 0.712 bits per heavy atom. The summed E-state index contributed by atoms with van der Waals surface area (Å²) in [5.41, 5.74) is -4.14. The largest absolute Gasteiger partial charge is 0.397 e. The fourth-order valence-electron chi connectivity index (χ4n) is 6.40. The molecule has 0 aromatic carbocycles. The second-order valence-corrected chi connectivity index (χ2v) is 18.3. The third-order valence-corrected chi connectivity index (χ3v) is 11.5. The van der Waals surface area contributed by atoms with E-state index in [-0.39, 0.29) is 19.6 Å². The summed E-state index contributed by atoms with van der Waals surface area (Å²) in [7, 11) is 0.118. The van der Waals surface area contributed by atoms with Crippen molar-refractivity contribution in [1.82, 2.24) is 5.32 Å². The standard InChI is InChI=1S/C42H83F2N2O5P/c1-6-8-10-12-14-16-18-20-21-23-25-27-29-31-33-35-41(48)45-39(38-42(43,44)52(49,50)51-37-36-46(3,4)5)40(47)34-32-30-28-26-24-22-19-17-15-13-11-9-7-2/h32,34,39-40,47H,6-31,33,35-38H2,1-5H3,(H-,45,48,49,50)/p+1/b34-32+/t39-,40+/m0/s1. The minimum atomic E-state index is -5.36. The van der Waals surface area contributed by atoms with Gasteiger partial charge in [0.05, 0.1) is 33.3 Å². The molecule has 0 aliphatic heterocycles. The van der Waals surface area contributed by atoms with E-state index in [4.69, 9.17) is 4.52 Å². The molecule has 0 spiro atoms. The van der Waals surface area contributed by atoms with Gasteiger partial charge in [-0.15, -0.1) is 0 Å². The van der Waals surface area contributed by atoms with E-state index in [2.05, 4.69) is 19.2 Å². The molecule has 0 aromatic rings. The molecule has 0 saturated carbocycles. The second kappa shape index (κ2) is 32.4. The Bertz CT molecular complexity index is 915. The summed E-state index contributed by atoms with van der Waals surface area (Å²) in [5, 5.41) is 13.5. The Hall–Kier alpha value is -0.860. The van der Waals surface area contributed by atoms with Crippen molar-refractivity contribution >= 4 is 13.5 Å². The molecule has 0 heterocycles. The van der Waals surface area contributed by atoms with Crippen LogP contribution in [0.3, 0.4) is 0 Å². The van der Waals surface area contributed by atoms with Crippen LogP contribution in [-0.4, -0.2) is 72.5 Å². The lowest BCUT2D eigenvalue weighted by Crippen LogP contribution is -2.46. The molecular formula is C42H84F2N2O5P+. The summed E-state index contributed by atoms with van der Waals surface area (Å²) < 4.78 is 48.3. The number of likely N-dealkylation sites (N-methyl/N-ethyl adjacent to an activating group) is 1. The minimum absolute atomic E-state index is 0.159. The number of rotatable bonds is 38.